The van der Waals surface area contributed by atoms with Gasteiger partial charge in [-0.3, -0.25) is 14.9 Å². The molecular formula is C12H17N3O6S. The molecule has 0 radical (unpaired) electrons. The van der Waals surface area contributed by atoms with Crippen molar-refractivity contribution in [1.29, 1.82) is 0 Å². The number of nitrogens with two attached hydrogens (primary N) is 1. The number of hydrogen-bond donors (Lipinski definition) is 2. The number of nitro benzene ring substituents is 1. The van der Waals surface area contributed by atoms with Crippen molar-refractivity contribution in [3.63, 3.8) is 0 Å². The molecule has 0 saturated heterocycles. The van der Waals surface area contributed by atoms with Crippen molar-refractivity contribution in [2.75, 3.05) is 6.54 Å². The van der Waals surface area contributed by atoms with Crippen molar-refractivity contribution >= 4 is 21.6 Å². The zero-order valence-corrected chi connectivity index (χ0v) is 12.9. The van der Waals surface area contributed by atoms with E-state index in [2.05, 4.69) is 5.32 Å². The lowest BCUT2D eigenvalue weighted by atomic mass is 10.3. The number of nitro groups is 1. The van der Waals surface area contributed by atoms with Crippen molar-refractivity contribution in [1.82, 2.24) is 5.32 Å². The fourth-order valence-corrected chi connectivity index (χ4v) is 2.09. The van der Waals surface area contributed by atoms with Crippen LogP contribution in [0.4, 0.5) is 5.69 Å². The minimum absolute atomic E-state index is 0.212. The van der Waals surface area contributed by atoms with Gasteiger partial charge in [0, 0.05) is 12.6 Å². The summed E-state index contributed by atoms with van der Waals surface area (Å²) in [6.45, 7) is 3.77. The molecule has 0 fully saturated rings. The minimum Gasteiger partial charge on any atom is -0.474 e. The summed E-state index contributed by atoms with van der Waals surface area (Å²) in [4.78, 5) is 21.5. The van der Waals surface area contributed by atoms with E-state index in [0.29, 0.717) is 6.54 Å². The van der Waals surface area contributed by atoms with Gasteiger partial charge in [0.25, 0.3) is 5.91 Å². The predicted molar refractivity (Wildman–Crippen MR) is 77.9 cm³/mol. The molecule has 3 N–H and O–H groups in total. The topological polar surface area (TPSA) is 142 Å². The van der Waals surface area contributed by atoms with Crippen LogP contribution in [0, 0.1) is 10.1 Å². The van der Waals surface area contributed by atoms with Crippen LogP contribution in [0.1, 0.15) is 20.3 Å². The van der Waals surface area contributed by atoms with Crippen LogP contribution in [0.5, 0.6) is 5.75 Å². The largest absolute Gasteiger partial charge is 0.474 e. The van der Waals surface area contributed by atoms with Crippen molar-refractivity contribution < 1.29 is 22.9 Å². The summed E-state index contributed by atoms with van der Waals surface area (Å²) >= 11 is 0. The summed E-state index contributed by atoms with van der Waals surface area (Å²) in [7, 11) is -4.07. The molecule has 122 valence electrons. The lowest BCUT2D eigenvalue weighted by Gasteiger charge is -2.14. The molecule has 0 aliphatic carbocycles. The molecule has 22 heavy (non-hydrogen) atoms. The van der Waals surface area contributed by atoms with Crippen LogP contribution in [0.25, 0.3) is 0 Å². The number of rotatable bonds is 7. The van der Waals surface area contributed by atoms with Gasteiger partial charge >= 0.3 is 5.69 Å². The Kier molecular flexibility index (Phi) is 5.83. The first-order valence-electron chi connectivity index (χ1n) is 6.42. The molecule has 0 aromatic heterocycles. The Morgan fingerprint density at radius 1 is 1.50 bits per heavy atom. The van der Waals surface area contributed by atoms with Crippen LogP contribution in [-0.4, -0.2) is 31.9 Å². The van der Waals surface area contributed by atoms with E-state index in [4.69, 9.17) is 9.88 Å². The highest BCUT2D eigenvalue weighted by Crippen LogP contribution is 2.30. The second kappa shape index (κ2) is 7.18. The lowest BCUT2D eigenvalue weighted by molar-refractivity contribution is -0.386. The number of primary sulfonamides is 1. The number of carbonyl (C=O) groups excluding carboxylic acids is 1. The zero-order valence-electron chi connectivity index (χ0n) is 12.1. The molecule has 0 spiro atoms. The molecule has 1 atom stereocenters. The van der Waals surface area contributed by atoms with Gasteiger partial charge in [0.1, 0.15) is 0 Å². The standard InChI is InChI=1S/C12H17N3O6S/c1-3-6-14-12(16)8(2)21-11-5-4-9(22(13,19)20)7-10(11)15(17)18/h4-5,7-8H,3,6H2,1-2H3,(H,14,16)(H2,13,19,20)/t8-/m0/s1. The number of nitrogens with zero attached hydrogens (tertiary/aromatic N) is 1. The summed E-state index contributed by atoms with van der Waals surface area (Å²) < 4.78 is 27.7. The highest BCUT2D eigenvalue weighted by Gasteiger charge is 2.23. The zero-order chi connectivity index (χ0) is 16.9. The van der Waals surface area contributed by atoms with Gasteiger partial charge in [-0.25, -0.2) is 13.6 Å². The molecule has 10 heteroatoms. The number of benzene rings is 1. The number of hydrogen-bond acceptors (Lipinski definition) is 6. The van der Waals surface area contributed by atoms with E-state index in [1.54, 1.807) is 0 Å². The molecule has 0 bridgehead atoms. The van der Waals surface area contributed by atoms with Gasteiger partial charge in [-0.15, -0.1) is 0 Å². The van der Waals surface area contributed by atoms with Gasteiger partial charge in [0.15, 0.2) is 11.9 Å². The second-order valence-electron chi connectivity index (χ2n) is 4.48. The lowest BCUT2D eigenvalue weighted by Crippen LogP contribution is -2.36. The Morgan fingerprint density at radius 2 is 2.14 bits per heavy atom. The quantitative estimate of drug-likeness (QED) is 0.551. The third kappa shape index (κ3) is 4.67. The minimum atomic E-state index is -4.07. The molecule has 1 aromatic carbocycles. The second-order valence-corrected chi connectivity index (χ2v) is 6.04. The van der Waals surface area contributed by atoms with E-state index in [-0.39, 0.29) is 5.75 Å². The van der Waals surface area contributed by atoms with Crippen LogP contribution in [0.2, 0.25) is 0 Å². The van der Waals surface area contributed by atoms with Crippen LogP contribution in [0.3, 0.4) is 0 Å². The molecule has 1 aromatic rings. The van der Waals surface area contributed by atoms with Crippen LogP contribution < -0.4 is 15.2 Å². The van der Waals surface area contributed by atoms with Crippen LogP contribution in [-0.2, 0) is 14.8 Å². The number of carbonyl (C=O) groups is 1. The van der Waals surface area contributed by atoms with E-state index in [1.807, 2.05) is 6.92 Å². The Bertz CT molecular complexity index is 673. The van der Waals surface area contributed by atoms with Crippen molar-refractivity contribution in [2.24, 2.45) is 5.14 Å². The van der Waals surface area contributed by atoms with E-state index in [0.717, 1.165) is 24.6 Å². The van der Waals surface area contributed by atoms with E-state index in [1.165, 1.54) is 6.92 Å². The Morgan fingerprint density at radius 3 is 2.64 bits per heavy atom. The van der Waals surface area contributed by atoms with Gasteiger partial charge in [-0.05, 0) is 25.5 Å². The van der Waals surface area contributed by atoms with E-state index >= 15 is 0 Å². The number of nitrogens with one attached hydrogen (secondary N) is 1. The Labute approximate surface area is 127 Å². The van der Waals surface area contributed by atoms with Gasteiger partial charge in [0.05, 0.1) is 9.82 Å². The first kappa shape index (κ1) is 17.9. The summed E-state index contributed by atoms with van der Waals surface area (Å²) in [5.74, 6) is -0.636. The van der Waals surface area contributed by atoms with E-state index in [9.17, 15) is 23.3 Å². The van der Waals surface area contributed by atoms with Gasteiger partial charge in [-0.1, -0.05) is 6.92 Å². The molecular weight excluding hydrogens is 314 g/mol. The first-order valence-corrected chi connectivity index (χ1v) is 7.97. The maximum atomic E-state index is 11.7. The third-order valence-corrected chi connectivity index (χ3v) is 3.59. The highest BCUT2D eigenvalue weighted by molar-refractivity contribution is 7.89. The van der Waals surface area contributed by atoms with Gasteiger partial charge in [0.2, 0.25) is 10.0 Å². The predicted octanol–water partition coefficient (Wildman–Crippen LogP) is 0.536. The maximum absolute atomic E-state index is 11.7. The summed E-state index contributed by atoms with van der Waals surface area (Å²) in [5, 5.41) is 18.5. The number of sulfonamides is 1. The Balaban J connectivity index is 3.05. The molecule has 9 nitrogen and oxygen atoms in total. The molecule has 1 rings (SSSR count). The van der Waals surface area contributed by atoms with Crippen LogP contribution in [0.15, 0.2) is 23.1 Å². The number of ether oxygens (including phenoxy) is 1. The van der Waals surface area contributed by atoms with Gasteiger partial charge < -0.3 is 10.1 Å². The van der Waals surface area contributed by atoms with Crippen molar-refractivity contribution in [2.45, 2.75) is 31.3 Å². The molecule has 1 amide bonds. The summed E-state index contributed by atoms with van der Waals surface area (Å²) in [6, 6.07) is 2.97. The summed E-state index contributed by atoms with van der Waals surface area (Å²) in [6.07, 6.45) is -0.229. The third-order valence-electron chi connectivity index (χ3n) is 2.68. The average Bonchev–Trinajstić information content (AvgIpc) is 2.43. The van der Waals surface area contributed by atoms with Crippen molar-refractivity contribution in [3.8, 4) is 5.75 Å². The number of amides is 1. The SMILES string of the molecule is CCCNC(=O)[C@H](C)Oc1ccc(S(N)(=O)=O)cc1[N+](=O)[O-]. The molecule has 0 aliphatic rings. The normalized spacial score (nSPS) is 12.5. The van der Waals surface area contributed by atoms with Crippen molar-refractivity contribution in [3.05, 3.63) is 28.3 Å². The molecule has 0 unspecified atom stereocenters. The van der Waals surface area contributed by atoms with E-state index < -0.39 is 37.5 Å². The molecule has 0 heterocycles. The Hall–Kier alpha value is -2.20. The fourth-order valence-electron chi connectivity index (χ4n) is 1.55. The van der Waals surface area contributed by atoms with Gasteiger partial charge in [-0.2, -0.15) is 0 Å². The maximum Gasteiger partial charge on any atom is 0.312 e. The van der Waals surface area contributed by atoms with Crippen LogP contribution >= 0.6 is 0 Å². The molecule has 0 saturated carbocycles. The highest BCUT2D eigenvalue weighted by atomic mass is 32.2. The average molecular weight is 331 g/mol. The molecule has 0 aliphatic heterocycles. The smallest absolute Gasteiger partial charge is 0.312 e. The summed E-state index contributed by atoms with van der Waals surface area (Å²) in [5.41, 5.74) is -0.582. The monoisotopic (exact) mass is 331 g/mol. The fraction of sp³-hybridized carbons (Fsp3) is 0.417. The first-order chi connectivity index (χ1) is 10.2.